The molecule has 0 aliphatic rings. The summed E-state index contributed by atoms with van der Waals surface area (Å²) in [5, 5.41) is 1.69. The van der Waals surface area contributed by atoms with Gasteiger partial charge in [0.2, 0.25) is 0 Å². The van der Waals surface area contributed by atoms with E-state index >= 15 is 0 Å². The number of hydrogen-bond donors (Lipinski definition) is 0. The van der Waals surface area contributed by atoms with Gasteiger partial charge in [-0.05, 0) is 47.2 Å². The number of carbonyl (C=O) groups is 2. The van der Waals surface area contributed by atoms with Crippen LogP contribution in [0.15, 0.2) is 85.5 Å². The molecular formula is C22H14N2O4. The molecule has 28 heavy (non-hydrogen) atoms. The average molecular weight is 370 g/mol. The van der Waals surface area contributed by atoms with Crippen molar-refractivity contribution in [1.82, 2.24) is 9.97 Å². The fourth-order valence-electron chi connectivity index (χ4n) is 2.64. The zero-order valence-electron chi connectivity index (χ0n) is 14.6. The predicted molar refractivity (Wildman–Crippen MR) is 102 cm³/mol. The standard InChI is InChI=1S/C22H14N2O4/c25-21(17-7-3-9-23-13-17)27-19-11-15-5-1-2-6-16(15)12-20(19)28-22(26)18-8-4-10-24-14-18/h1-14H. The quantitative estimate of drug-likeness (QED) is 0.398. The topological polar surface area (TPSA) is 78.4 Å². The van der Waals surface area contributed by atoms with E-state index in [0.29, 0.717) is 11.1 Å². The summed E-state index contributed by atoms with van der Waals surface area (Å²) < 4.78 is 11.0. The van der Waals surface area contributed by atoms with Crippen LogP contribution in [0.4, 0.5) is 0 Å². The van der Waals surface area contributed by atoms with Crippen LogP contribution in [0.1, 0.15) is 20.7 Å². The Balaban J connectivity index is 1.70. The Hall–Kier alpha value is -4.06. The first-order chi connectivity index (χ1) is 13.7. The lowest BCUT2D eigenvalue weighted by molar-refractivity contribution is 0.0682. The summed E-state index contributed by atoms with van der Waals surface area (Å²) in [6, 6.07) is 17.3. The molecule has 0 unspecified atom stereocenters. The number of carbonyl (C=O) groups excluding carboxylic acids is 2. The highest BCUT2D eigenvalue weighted by atomic mass is 16.6. The second-order valence-electron chi connectivity index (χ2n) is 5.91. The van der Waals surface area contributed by atoms with Crippen molar-refractivity contribution in [1.29, 1.82) is 0 Å². The molecule has 2 heterocycles. The van der Waals surface area contributed by atoms with E-state index in [2.05, 4.69) is 9.97 Å². The molecule has 0 spiro atoms. The van der Waals surface area contributed by atoms with Crippen LogP contribution in [-0.2, 0) is 0 Å². The van der Waals surface area contributed by atoms with Gasteiger partial charge in [0, 0.05) is 24.8 Å². The van der Waals surface area contributed by atoms with Gasteiger partial charge in [0.1, 0.15) is 0 Å². The van der Waals surface area contributed by atoms with E-state index in [1.165, 1.54) is 12.4 Å². The van der Waals surface area contributed by atoms with Crippen LogP contribution in [0.25, 0.3) is 10.8 Å². The molecule has 6 heteroatoms. The second-order valence-corrected chi connectivity index (χ2v) is 5.91. The van der Waals surface area contributed by atoms with Gasteiger partial charge in [-0.25, -0.2) is 9.59 Å². The van der Waals surface area contributed by atoms with Crippen LogP contribution in [0.5, 0.6) is 11.5 Å². The summed E-state index contributed by atoms with van der Waals surface area (Å²) in [6.07, 6.45) is 5.94. The minimum atomic E-state index is -0.595. The van der Waals surface area contributed by atoms with Crippen molar-refractivity contribution < 1.29 is 19.1 Å². The lowest BCUT2D eigenvalue weighted by atomic mass is 10.1. The van der Waals surface area contributed by atoms with E-state index in [-0.39, 0.29) is 11.5 Å². The Morgan fingerprint density at radius 3 is 1.50 bits per heavy atom. The third-order valence-corrected chi connectivity index (χ3v) is 4.01. The van der Waals surface area contributed by atoms with E-state index in [0.717, 1.165) is 10.8 Å². The van der Waals surface area contributed by atoms with E-state index in [4.69, 9.17) is 9.47 Å². The fourth-order valence-corrected chi connectivity index (χ4v) is 2.64. The molecule has 0 N–H and O–H groups in total. The molecule has 0 saturated heterocycles. The third-order valence-electron chi connectivity index (χ3n) is 4.01. The minimum Gasteiger partial charge on any atom is -0.419 e. The monoisotopic (exact) mass is 370 g/mol. The molecular weight excluding hydrogens is 356 g/mol. The van der Waals surface area contributed by atoms with Crippen molar-refractivity contribution in [3.63, 3.8) is 0 Å². The maximum absolute atomic E-state index is 12.4. The molecule has 0 aliphatic heterocycles. The van der Waals surface area contributed by atoms with Crippen LogP contribution in [0, 0.1) is 0 Å². The Labute approximate surface area is 160 Å². The lowest BCUT2D eigenvalue weighted by Gasteiger charge is -2.12. The highest BCUT2D eigenvalue weighted by Crippen LogP contribution is 2.33. The number of benzene rings is 2. The van der Waals surface area contributed by atoms with Crippen LogP contribution >= 0.6 is 0 Å². The highest BCUT2D eigenvalue weighted by molar-refractivity contribution is 5.95. The molecule has 136 valence electrons. The number of rotatable bonds is 4. The SMILES string of the molecule is O=C(Oc1cc2ccccc2cc1OC(=O)c1cccnc1)c1cccnc1. The minimum absolute atomic E-state index is 0.143. The van der Waals surface area contributed by atoms with Gasteiger partial charge in [-0.3, -0.25) is 9.97 Å². The summed E-state index contributed by atoms with van der Waals surface area (Å²) in [5.41, 5.74) is 0.584. The fraction of sp³-hybridized carbons (Fsp3) is 0. The molecule has 4 rings (SSSR count). The van der Waals surface area contributed by atoms with Crippen LogP contribution < -0.4 is 9.47 Å². The molecule has 0 fully saturated rings. The van der Waals surface area contributed by atoms with Crippen LogP contribution in [0.3, 0.4) is 0 Å². The number of hydrogen-bond acceptors (Lipinski definition) is 6. The van der Waals surface area contributed by atoms with E-state index in [9.17, 15) is 9.59 Å². The van der Waals surface area contributed by atoms with E-state index < -0.39 is 11.9 Å². The summed E-state index contributed by atoms with van der Waals surface area (Å²) in [6.45, 7) is 0. The van der Waals surface area contributed by atoms with Crippen molar-refractivity contribution in [2.75, 3.05) is 0 Å². The summed E-state index contributed by atoms with van der Waals surface area (Å²) in [4.78, 5) is 32.7. The van der Waals surface area contributed by atoms with Crippen LogP contribution in [0.2, 0.25) is 0 Å². The molecule has 0 atom stereocenters. The number of nitrogens with zero attached hydrogens (tertiary/aromatic N) is 2. The zero-order valence-corrected chi connectivity index (χ0v) is 14.6. The molecule has 0 amide bonds. The molecule has 0 aliphatic carbocycles. The third kappa shape index (κ3) is 3.71. The van der Waals surface area contributed by atoms with Crippen molar-refractivity contribution in [2.24, 2.45) is 0 Å². The predicted octanol–water partition coefficient (Wildman–Crippen LogP) is 4.07. The first-order valence-corrected chi connectivity index (χ1v) is 8.48. The Morgan fingerprint density at radius 1 is 0.643 bits per heavy atom. The second kappa shape index (κ2) is 7.67. The summed E-state index contributed by atoms with van der Waals surface area (Å²) in [7, 11) is 0. The van der Waals surface area contributed by atoms with Gasteiger partial charge in [-0.1, -0.05) is 24.3 Å². The van der Waals surface area contributed by atoms with Gasteiger partial charge in [0.15, 0.2) is 11.5 Å². The van der Waals surface area contributed by atoms with Gasteiger partial charge in [-0.15, -0.1) is 0 Å². The van der Waals surface area contributed by atoms with Crippen molar-refractivity contribution >= 4 is 22.7 Å². The normalized spacial score (nSPS) is 10.4. The Bertz CT molecular complexity index is 1050. The number of fused-ring (bicyclic) bond motifs is 1. The number of esters is 2. The first kappa shape index (κ1) is 17.4. The largest absolute Gasteiger partial charge is 0.419 e. The average Bonchev–Trinajstić information content (AvgIpc) is 2.75. The van der Waals surface area contributed by atoms with Gasteiger partial charge >= 0.3 is 11.9 Å². The van der Waals surface area contributed by atoms with Gasteiger partial charge in [0.05, 0.1) is 11.1 Å². The number of aromatic nitrogens is 2. The Kier molecular flexibility index (Phi) is 4.76. The van der Waals surface area contributed by atoms with Gasteiger partial charge in [0.25, 0.3) is 0 Å². The first-order valence-electron chi connectivity index (χ1n) is 8.48. The molecule has 0 radical (unpaired) electrons. The molecule has 2 aromatic heterocycles. The molecule has 2 aromatic carbocycles. The lowest BCUT2D eigenvalue weighted by Crippen LogP contribution is -2.13. The Morgan fingerprint density at radius 2 is 1.11 bits per heavy atom. The van der Waals surface area contributed by atoms with Gasteiger partial charge in [-0.2, -0.15) is 0 Å². The van der Waals surface area contributed by atoms with Crippen molar-refractivity contribution in [3.8, 4) is 11.5 Å². The smallest absolute Gasteiger partial charge is 0.345 e. The van der Waals surface area contributed by atoms with E-state index in [1.54, 1.807) is 48.8 Å². The number of ether oxygens (including phenoxy) is 2. The molecule has 0 bridgehead atoms. The number of pyridine rings is 2. The van der Waals surface area contributed by atoms with Gasteiger partial charge < -0.3 is 9.47 Å². The molecule has 4 aromatic rings. The van der Waals surface area contributed by atoms with Crippen molar-refractivity contribution in [3.05, 3.63) is 96.6 Å². The highest BCUT2D eigenvalue weighted by Gasteiger charge is 2.17. The zero-order chi connectivity index (χ0) is 19.3. The maximum atomic E-state index is 12.4. The van der Waals surface area contributed by atoms with Crippen LogP contribution in [-0.4, -0.2) is 21.9 Å². The van der Waals surface area contributed by atoms with Crippen molar-refractivity contribution in [2.45, 2.75) is 0 Å². The summed E-state index contributed by atoms with van der Waals surface area (Å²) >= 11 is 0. The molecule has 6 nitrogen and oxygen atoms in total. The molecule has 0 saturated carbocycles. The van der Waals surface area contributed by atoms with E-state index in [1.807, 2.05) is 24.3 Å². The summed E-state index contributed by atoms with van der Waals surface area (Å²) in [5.74, 6) is -0.904. The maximum Gasteiger partial charge on any atom is 0.345 e.